The third kappa shape index (κ3) is 5.98. The topological polar surface area (TPSA) is 74.7 Å². The van der Waals surface area contributed by atoms with Crippen LogP contribution >= 0.6 is 0 Å². The molecule has 0 radical (unpaired) electrons. The second-order valence-corrected chi connectivity index (χ2v) is 7.36. The van der Waals surface area contributed by atoms with Gasteiger partial charge in [0.15, 0.2) is 0 Å². The van der Waals surface area contributed by atoms with Gasteiger partial charge in [-0.1, -0.05) is 13.3 Å². The second kappa shape index (κ2) is 8.54. The van der Waals surface area contributed by atoms with E-state index >= 15 is 0 Å². The van der Waals surface area contributed by atoms with Gasteiger partial charge in [-0.15, -0.1) is 3.89 Å². The summed E-state index contributed by atoms with van der Waals surface area (Å²) in [5.74, 6) is -0.473. The SMILES string of the molecule is CCCC(CCCN(c1ccc(F)cc1)S(=O)O)S(=O)(=O)F. The van der Waals surface area contributed by atoms with E-state index < -0.39 is 32.6 Å². The van der Waals surface area contributed by atoms with E-state index in [9.17, 15) is 25.5 Å². The van der Waals surface area contributed by atoms with Gasteiger partial charge in [0.2, 0.25) is 0 Å². The lowest BCUT2D eigenvalue weighted by Crippen LogP contribution is -2.28. The normalized spacial score (nSPS) is 14.5. The van der Waals surface area contributed by atoms with Gasteiger partial charge in [0.05, 0.1) is 10.9 Å². The van der Waals surface area contributed by atoms with Gasteiger partial charge in [0.1, 0.15) is 5.82 Å². The van der Waals surface area contributed by atoms with Crippen molar-refractivity contribution < 1.29 is 25.5 Å². The highest BCUT2D eigenvalue weighted by molar-refractivity contribution is 7.87. The zero-order chi connectivity index (χ0) is 16.8. The van der Waals surface area contributed by atoms with Crippen LogP contribution in [0.1, 0.15) is 32.6 Å². The number of halogens is 2. The molecule has 2 unspecified atom stereocenters. The van der Waals surface area contributed by atoms with Crippen molar-refractivity contribution in [3.8, 4) is 0 Å². The lowest BCUT2D eigenvalue weighted by molar-refractivity contribution is 0.510. The van der Waals surface area contributed by atoms with Crippen molar-refractivity contribution in [1.29, 1.82) is 0 Å². The van der Waals surface area contributed by atoms with Crippen LogP contribution in [0.4, 0.5) is 14.0 Å². The van der Waals surface area contributed by atoms with E-state index in [2.05, 4.69) is 0 Å². The number of nitrogens with zero attached hydrogens (tertiary/aromatic N) is 1. The third-order valence-corrected chi connectivity index (χ3v) is 5.24. The molecule has 0 aliphatic rings. The van der Waals surface area contributed by atoms with Crippen LogP contribution in [0.25, 0.3) is 0 Å². The Morgan fingerprint density at radius 2 is 1.86 bits per heavy atom. The first kappa shape index (κ1) is 19.0. The molecule has 0 saturated carbocycles. The van der Waals surface area contributed by atoms with Crippen LogP contribution in [0.15, 0.2) is 24.3 Å². The fraction of sp³-hybridized carbons (Fsp3) is 0.538. The molecule has 0 bridgehead atoms. The van der Waals surface area contributed by atoms with E-state index in [0.29, 0.717) is 12.1 Å². The van der Waals surface area contributed by atoms with Gasteiger partial charge in [0, 0.05) is 6.54 Å². The Labute approximate surface area is 132 Å². The molecule has 0 aliphatic heterocycles. The minimum Gasteiger partial charge on any atom is -0.289 e. The summed E-state index contributed by atoms with van der Waals surface area (Å²) in [6.07, 6.45) is 1.01. The molecule has 1 aromatic carbocycles. The average Bonchev–Trinajstić information content (AvgIpc) is 2.42. The Kier molecular flexibility index (Phi) is 7.37. The molecule has 0 fully saturated rings. The maximum atomic E-state index is 13.1. The second-order valence-electron chi connectivity index (χ2n) is 4.84. The van der Waals surface area contributed by atoms with Gasteiger partial charge in [0.25, 0.3) is 11.3 Å². The Hall–Kier alpha value is -1.06. The monoisotopic (exact) mass is 355 g/mol. The lowest BCUT2D eigenvalue weighted by Gasteiger charge is -2.20. The summed E-state index contributed by atoms with van der Waals surface area (Å²) in [4.78, 5) is 0. The van der Waals surface area contributed by atoms with Crippen molar-refractivity contribution in [3.05, 3.63) is 30.1 Å². The van der Waals surface area contributed by atoms with Crippen LogP contribution < -0.4 is 4.31 Å². The largest absolute Gasteiger partial charge is 0.305 e. The van der Waals surface area contributed by atoms with Gasteiger partial charge in [-0.2, -0.15) is 8.42 Å². The van der Waals surface area contributed by atoms with Crippen LogP contribution in [0.5, 0.6) is 0 Å². The molecular formula is C13H19F2NO4S2. The van der Waals surface area contributed by atoms with Crippen molar-refractivity contribution >= 4 is 27.2 Å². The maximum Gasteiger partial charge on any atom is 0.305 e. The smallest absolute Gasteiger partial charge is 0.289 e. The van der Waals surface area contributed by atoms with E-state index in [-0.39, 0.29) is 25.8 Å². The van der Waals surface area contributed by atoms with Gasteiger partial charge in [-0.25, -0.2) is 8.60 Å². The first-order valence-corrected chi connectivity index (χ1v) is 9.34. The fourth-order valence-electron chi connectivity index (χ4n) is 2.12. The predicted octanol–water partition coefficient (Wildman–Crippen LogP) is 3.02. The summed E-state index contributed by atoms with van der Waals surface area (Å²) in [6.45, 7) is 1.82. The van der Waals surface area contributed by atoms with Crippen molar-refractivity contribution in [2.45, 2.75) is 37.9 Å². The lowest BCUT2D eigenvalue weighted by atomic mass is 10.1. The standard InChI is InChI=1S/C13H19F2NO4S2/c1-2-4-13(22(15,19)20)5-3-10-16(21(17)18)12-8-6-11(14)7-9-12/h6-9,13H,2-5,10H2,1H3,(H,17,18). The Bertz CT molecular complexity index is 593. The third-order valence-electron chi connectivity index (χ3n) is 3.20. The van der Waals surface area contributed by atoms with Crippen molar-refractivity contribution in [2.24, 2.45) is 0 Å². The molecule has 1 aromatic rings. The molecule has 5 nitrogen and oxygen atoms in total. The van der Waals surface area contributed by atoms with Crippen LogP contribution in [-0.4, -0.2) is 29.0 Å². The quantitative estimate of drug-likeness (QED) is 0.546. The molecule has 0 aliphatic carbocycles. The molecule has 0 amide bonds. The number of rotatable bonds is 9. The molecule has 0 spiro atoms. The Balaban J connectivity index is 2.69. The van der Waals surface area contributed by atoms with Crippen molar-refractivity contribution in [1.82, 2.24) is 0 Å². The highest BCUT2D eigenvalue weighted by atomic mass is 32.3. The first-order chi connectivity index (χ1) is 10.3. The van der Waals surface area contributed by atoms with Gasteiger partial charge in [-0.05, 0) is 43.5 Å². The Morgan fingerprint density at radius 1 is 1.27 bits per heavy atom. The molecule has 1 rings (SSSR count). The van der Waals surface area contributed by atoms with Gasteiger partial charge >= 0.3 is 10.2 Å². The van der Waals surface area contributed by atoms with E-state index in [0.717, 1.165) is 16.4 Å². The van der Waals surface area contributed by atoms with E-state index in [1.165, 1.54) is 12.1 Å². The minimum atomic E-state index is -4.62. The zero-order valence-electron chi connectivity index (χ0n) is 12.1. The summed E-state index contributed by atoms with van der Waals surface area (Å²) >= 11 is -2.33. The zero-order valence-corrected chi connectivity index (χ0v) is 13.7. The number of hydrogen-bond acceptors (Lipinski definition) is 3. The number of anilines is 1. The molecule has 22 heavy (non-hydrogen) atoms. The predicted molar refractivity (Wildman–Crippen MR) is 82.5 cm³/mol. The molecule has 9 heteroatoms. The van der Waals surface area contributed by atoms with E-state index in [4.69, 9.17) is 0 Å². The molecule has 2 atom stereocenters. The number of hydrogen-bond donors (Lipinski definition) is 1. The summed E-state index contributed by atoms with van der Waals surface area (Å²) in [6, 6.07) is 5.00. The Morgan fingerprint density at radius 3 is 2.32 bits per heavy atom. The van der Waals surface area contributed by atoms with E-state index in [1.807, 2.05) is 0 Å². The van der Waals surface area contributed by atoms with Gasteiger partial charge < -0.3 is 0 Å². The summed E-state index contributed by atoms with van der Waals surface area (Å²) in [7, 11) is -4.62. The molecule has 0 aromatic heterocycles. The summed E-state index contributed by atoms with van der Waals surface area (Å²) in [5.41, 5.74) is 0.331. The van der Waals surface area contributed by atoms with Crippen molar-refractivity contribution in [2.75, 3.05) is 10.8 Å². The minimum absolute atomic E-state index is 0.0571. The highest BCUT2D eigenvalue weighted by Gasteiger charge is 2.24. The molecule has 126 valence electrons. The summed E-state index contributed by atoms with van der Waals surface area (Å²) in [5, 5.41) is -1.10. The van der Waals surface area contributed by atoms with Crippen LogP contribution in [0, 0.1) is 5.82 Å². The van der Waals surface area contributed by atoms with Crippen LogP contribution in [0.3, 0.4) is 0 Å². The van der Waals surface area contributed by atoms with Crippen LogP contribution in [0.2, 0.25) is 0 Å². The number of benzene rings is 1. The molecule has 0 heterocycles. The van der Waals surface area contributed by atoms with Crippen molar-refractivity contribution in [3.63, 3.8) is 0 Å². The average molecular weight is 355 g/mol. The first-order valence-electron chi connectivity index (χ1n) is 6.83. The summed E-state index contributed by atoms with van der Waals surface area (Å²) < 4.78 is 69.7. The fourth-order valence-corrected chi connectivity index (χ4v) is 3.67. The maximum absolute atomic E-state index is 13.1. The molecule has 1 N–H and O–H groups in total. The molecule has 0 saturated heterocycles. The van der Waals surface area contributed by atoms with Gasteiger partial charge in [-0.3, -0.25) is 8.86 Å². The molecular weight excluding hydrogens is 336 g/mol. The van der Waals surface area contributed by atoms with Crippen LogP contribution in [-0.2, 0) is 21.5 Å². The van der Waals surface area contributed by atoms with E-state index in [1.54, 1.807) is 6.92 Å². The highest BCUT2D eigenvalue weighted by Crippen LogP contribution is 2.20.